The lowest BCUT2D eigenvalue weighted by atomic mass is 9.97. The molecular weight excluding hydrogens is 293 g/mol. The molecule has 0 unspecified atom stereocenters. The Morgan fingerprint density at radius 1 is 1.35 bits per heavy atom. The lowest BCUT2D eigenvalue weighted by molar-refractivity contribution is 0.0674. The third-order valence-corrected chi connectivity index (χ3v) is 4.57. The predicted molar refractivity (Wildman–Crippen MR) is 85.6 cm³/mol. The molecule has 0 saturated heterocycles. The van der Waals surface area contributed by atoms with E-state index in [1.807, 2.05) is 25.1 Å². The summed E-state index contributed by atoms with van der Waals surface area (Å²) in [7, 11) is 0. The molecule has 2 aromatic heterocycles. The van der Waals surface area contributed by atoms with E-state index in [1.165, 1.54) is 23.2 Å². The van der Waals surface area contributed by atoms with Crippen LogP contribution in [0.3, 0.4) is 0 Å². The van der Waals surface area contributed by atoms with Gasteiger partial charge in [-0.25, -0.2) is 4.98 Å². The van der Waals surface area contributed by atoms with Crippen molar-refractivity contribution >= 4 is 16.8 Å². The van der Waals surface area contributed by atoms with E-state index in [-0.39, 0.29) is 11.9 Å². The van der Waals surface area contributed by atoms with Crippen LogP contribution in [-0.2, 0) is 6.42 Å². The standard InChI is InChI=1S/C18H16FN3O/c1-11-17-14(13-4-2-3-5-15(13)21-17)7-9-22(11)18(23)12-6-8-20-16(19)10-12/h2-6,8,10-11,21H,7,9H2,1H3/t11-/m0/s1. The maximum Gasteiger partial charge on any atom is 0.254 e. The number of nitrogens with one attached hydrogen (secondary N) is 1. The number of pyridine rings is 1. The number of carbonyl (C=O) groups excluding carboxylic acids is 1. The highest BCUT2D eigenvalue weighted by Gasteiger charge is 2.30. The van der Waals surface area contributed by atoms with Crippen LogP contribution >= 0.6 is 0 Å². The summed E-state index contributed by atoms with van der Waals surface area (Å²) in [6.07, 6.45) is 2.12. The quantitative estimate of drug-likeness (QED) is 0.700. The van der Waals surface area contributed by atoms with Gasteiger partial charge in [0.25, 0.3) is 5.91 Å². The Hall–Kier alpha value is -2.69. The number of nitrogens with zero attached hydrogens (tertiary/aromatic N) is 2. The van der Waals surface area contributed by atoms with Gasteiger partial charge in [0.15, 0.2) is 0 Å². The summed E-state index contributed by atoms with van der Waals surface area (Å²) in [5.41, 5.74) is 3.77. The van der Waals surface area contributed by atoms with Crippen molar-refractivity contribution in [3.8, 4) is 0 Å². The van der Waals surface area contributed by atoms with Crippen LogP contribution in [-0.4, -0.2) is 27.3 Å². The summed E-state index contributed by atoms with van der Waals surface area (Å²) >= 11 is 0. The molecule has 5 heteroatoms. The molecule has 23 heavy (non-hydrogen) atoms. The number of halogens is 1. The monoisotopic (exact) mass is 309 g/mol. The average Bonchev–Trinajstić information content (AvgIpc) is 2.94. The molecule has 116 valence electrons. The fourth-order valence-electron chi connectivity index (χ4n) is 3.41. The second-order valence-electron chi connectivity index (χ2n) is 5.85. The number of rotatable bonds is 1. The van der Waals surface area contributed by atoms with Gasteiger partial charge in [-0.3, -0.25) is 4.79 Å². The number of carbonyl (C=O) groups is 1. The maximum absolute atomic E-state index is 13.3. The Kier molecular flexibility index (Phi) is 3.15. The summed E-state index contributed by atoms with van der Waals surface area (Å²) < 4.78 is 13.3. The number of H-pyrrole nitrogens is 1. The van der Waals surface area contributed by atoms with Gasteiger partial charge in [0.2, 0.25) is 5.95 Å². The highest BCUT2D eigenvalue weighted by Crippen LogP contribution is 2.34. The molecule has 1 aliphatic heterocycles. The van der Waals surface area contributed by atoms with Crippen molar-refractivity contribution in [2.45, 2.75) is 19.4 Å². The second-order valence-corrected chi connectivity index (χ2v) is 5.85. The van der Waals surface area contributed by atoms with Gasteiger partial charge in [-0.15, -0.1) is 0 Å². The van der Waals surface area contributed by atoms with Gasteiger partial charge < -0.3 is 9.88 Å². The number of para-hydroxylation sites is 1. The summed E-state index contributed by atoms with van der Waals surface area (Å²) in [5.74, 6) is -0.796. The van der Waals surface area contributed by atoms with Gasteiger partial charge >= 0.3 is 0 Å². The normalized spacial score (nSPS) is 17.3. The predicted octanol–water partition coefficient (Wildman–Crippen LogP) is 3.46. The molecule has 0 saturated carbocycles. The van der Waals surface area contributed by atoms with E-state index < -0.39 is 5.95 Å². The van der Waals surface area contributed by atoms with Crippen molar-refractivity contribution < 1.29 is 9.18 Å². The molecule has 0 aliphatic carbocycles. The summed E-state index contributed by atoms with van der Waals surface area (Å²) in [6, 6.07) is 10.8. The number of hydrogen-bond donors (Lipinski definition) is 1. The molecule has 0 spiro atoms. The van der Waals surface area contributed by atoms with Crippen LogP contribution in [0, 0.1) is 5.95 Å². The van der Waals surface area contributed by atoms with Crippen molar-refractivity contribution in [3.63, 3.8) is 0 Å². The molecule has 1 aromatic carbocycles. The van der Waals surface area contributed by atoms with Gasteiger partial charge in [0.1, 0.15) is 0 Å². The van der Waals surface area contributed by atoms with Crippen molar-refractivity contribution in [2.24, 2.45) is 0 Å². The summed E-state index contributed by atoms with van der Waals surface area (Å²) in [6.45, 7) is 2.63. The first-order valence-corrected chi connectivity index (χ1v) is 7.67. The fraction of sp³-hybridized carbons (Fsp3) is 0.222. The molecule has 0 radical (unpaired) electrons. The van der Waals surface area contributed by atoms with Gasteiger partial charge in [-0.05, 0) is 31.0 Å². The third-order valence-electron chi connectivity index (χ3n) is 4.57. The van der Waals surface area contributed by atoms with Crippen molar-refractivity contribution in [1.82, 2.24) is 14.9 Å². The Morgan fingerprint density at radius 3 is 3.00 bits per heavy atom. The fourth-order valence-corrected chi connectivity index (χ4v) is 3.41. The summed E-state index contributed by atoms with van der Waals surface area (Å²) in [5, 5.41) is 1.22. The molecule has 4 rings (SSSR count). The SMILES string of the molecule is C[C@H]1c2[nH]c3ccccc3c2CCN1C(=O)c1ccnc(F)c1. The summed E-state index contributed by atoms with van der Waals surface area (Å²) in [4.78, 5) is 21.4. The smallest absolute Gasteiger partial charge is 0.254 e. The van der Waals surface area contributed by atoms with E-state index in [4.69, 9.17) is 0 Å². The minimum atomic E-state index is -0.633. The lowest BCUT2D eigenvalue weighted by Gasteiger charge is -2.33. The van der Waals surface area contributed by atoms with E-state index >= 15 is 0 Å². The van der Waals surface area contributed by atoms with Gasteiger partial charge in [-0.2, -0.15) is 4.39 Å². The average molecular weight is 309 g/mol. The van der Waals surface area contributed by atoms with Crippen LogP contribution in [0.15, 0.2) is 42.6 Å². The zero-order chi connectivity index (χ0) is 16.0. The minimum Gasteiger partial charge on any atom is -0.356 e. The topological polar surface area (TPSA) is 49.0 Å². The van der Waals surface area contributed by atoms with E-state index in [0.29, 0.717) is 12.1 Å². The Balaban J connectivity index is 1.72. The van der Waals surface area contributed by atoms with Gasteiger partial charge in [0.05, 0.1) is 6.04 Å². The number of aromatic nitrogens is 2. The number of fused-ring (bicyclic) bond motifs is 3. The number of aromatic amines is 1. The number of benzene rings is 1. The highest BCUT2D eigenvalue weighted by molar-refractivity contribution is 5.95. The van der Waals surface area contributed by atoms with E-state index in [2.05, 4.69) is 16.0 Å². The molecule has 3 heterocycles. The van der Waals surface area contributed by atoms with Gasteiger partial charge in [0, 0.05) is 41.0 Å². The molecule has 1 amide bonds. The van der Waals surface area contributed by atoms with Crippen LogP contribution in [0.25, 0.3) is 10.9 Å². The van der Waals surface area contributed by atoms with Crippen LogP contribution in [0.4, 0.5) is 4.39 Å². The second kappa shape index (κ2) is 5.19. The molecule has 4 nitrogen and oxygen atoms in total. The Labute approximate surface area is 133 Å². The first kappa shape index (κ1) is 13.9. The first-order chi connectivity index (χ1) is 11.1. The molecule has 3 aromatic rings. The van der Waals surface area contributed by atoms with E-state index in [0.717, 1.165) is 17.6 Å². The Bertz CT molecular complexity index is 902. The zero-order valence-electron chi connectivity index (χ0n) is 12.7. The Morgan fingerprint density at radius 2 is 2.17 bits per heavy atom. The molecular formula is C18H16FN3O. The van der Waals surface area contributed by atoms with E-state index in [9.17, 15) is 9.18 Å². The molecule has 1 atom stereocenters. The molecule has 1 aliphatic rings. The minimum absolute atomic E-state index is 0.0742. The third kappa shape index (κ3) is 2.20. The van der Waals surface area contributed by atoms with Crippen LogP contribution in [0.5, 0.6) is 0 Å². The number of hydrogen-bond acceptors (Lipinski definition) is 2. The lowest BCUT2D eigenvalue weighted by Crippen LogP contribution is -2.38. The first-order valence-electron chi connectivity index (χ1n) is 7.67. The van der Waals surface area contributed by atoms with Crippen molar-refractivity contribution in [2.75, 3.05) is 6.54 Å². The largest absolute Gasteiger partial charge is 0.356 e. The van der Waals surface area contributed by atoms with Crippen LogP contribution in [0.1, 0.15) is 34.6 Å². The molecule has 0 bridgehead atoms. The molecule has 0 fully saturated rings. The van der Waals surface area contributed by atoms with Crippen molar-refractivity contribution in [1.29, 1.82) is 0 Å². The van der Waals surface area contributed by atoms with Crippen LogP contribution in [0.2, 0.25) is 0 Å². The van der Waals surface area contributed by atoms with E-state index in [1.54, 1.807) is 11.0 Å². The molecule has 1 N–H and O–H groups in total. The van der Waals surface area contributed by atoms with Crippen LogP contribution < -0.4 is 0 Å². The number of amides is 1. The zero-order valence-corrected chi connectivity index (χ0v) is 12.7. The maximum atomic E-state index is 13.3. The van der Waals surface area contributed by atoms with Crippen molar-refractivity contribution in [3.05, 3.63) is 65.4 Å². The highest BCUT2D eigenvalue weighted by atomic mass is 19.1. The van der Waals surface area contributed by atoms with Gasteiger partial charge in [-0.1, -0.05) is 18.2 Å².